The molecule has 1 amide bonds. The minimum Gasteiger partial charge on any atom is -0.307 e. The molecule has 1 aromatic carbocycles. The first kappa shape index (κ1) is 14.2. The van der Waals surface area contributed by atoms with Gasteiger partial charge in [-0.3, -0.25) is 4.57 Å². The number of benzene rings is 1. The molecule has 0 aliphatic heterocycles. The van der Waals surface area contributed by atoms with E-state index in [0.717, 1.165) is 4.31 Å². The number of amides is 1. The molecule has 20 heavy (non-hydrogen) atoms. The number of hydrogen-bond donors (Lipinski definition) is 1. The number of nitrogens with zero attached hydrogens (tertiary/aromatic N) is 3. The van der Waals surface area contributed by atoms with Gasteiger partial charge in [0.15, 0.2) is 0 Å². The molecule has 0 saturated carbocycles. The largest absolute Gasteiger partial charge is 0.331 e. The average molecular weight is 294 g/mol. The first-order chi connectivity index (χ1) is 9.41. The van der Waals surface area contributed by atoms with Crippen LogP contribution in [0, 0.1) is 0 Å². The Kier molecular flexibility index (Phi) is 3.86. The van der Waals surface area contributed by atoms with Crippen molar-refractivity contribution < 1.29 is 13.2 Å². The summed E-state index contributed by atoms with van der Waals surface area (Å²) in [5.41, 5.74) is 0.501. The van der Waals surface area contributed by atoms with E-state index in [-0.39, 0.29) is 10.9 Å². The highest BCUT2D eigenvalue weighted by Crippen LogP contribution is 2.16. The van der Waals surface area contributed by atoms with Crippen LogP contribution in [0.4, 0.5) is 10.5 Å². The molecule has 0 radical (unpaired) electrons. The molecule has 0 unspecified atom stereocenters. The topological polar surface area (TPSA) is 84.3 Å². The second-order valence-corrected chi connectivity index (χ2v) is 6.36. The van der Waals surface area contributed by atoms with E-state index in [4.69, 9.17) is 0 Å². The van der Waals surface area contributed by atoms with Crippen molar-refractivity contribution in [3.8, 4) is 0 Å². The van der Waals surface area contributed by atoms with Crippen molar-refractivity contribution in [1.29, 1.82) is 0 Å². The standard InChI is InChI=1S/C12H14N4O3S/c1-15(2)20(18,19)11-5-3-10(4-6-11)14-12(17)16-8-7-13-9-16/h3-9H,1-2H3,(H,14,17). The van der Waals surface area contributed by atoms with Crippen molar-refractivity contribution in [2.24, 2.45) is 0 Å². The van der Waals surface area contributed by atoms with Gasteiger partial charge in [-0.25, -0.2) is 22.5 Å². The van der Waals surface area contributed by atoms with Crippen LogP contribution in [-0.4, -0.2) is 42.4 Å². The molecule has 106 valence electrons. The highest BCUT2D eigenvalue weighted by molar-refractivity contribution is 7.89. The summed E-state index contributed by atoms with van der Waals surface area (Å²) in [6.07, 6.45) is 4.38. The number of imidazole rings is 1. The maximum Gasteiger partial charge on any atom is 0.331 e. The zero-order chi connectivity index (χ0) is 14.8. The van der Waals surface area contributed by atoms with Gasteiger partial charge >= 0.3 is 6.03 Å². The van der Waals surface area contributed by atoms with Crippen LogP contribution in [-0.2, 0) is 10.0 Å². The maximum absolute atomic E-state index is 11.9. The van der Waals surface area contributed by atoms with Crippen molar-refractivity contribution in [2.75, 3.05) is 19.4 Å². The summed E-state index contributed by atoms with van der Waals surface area (Å²) in [5, 5.41) is 2.63. The molecule has 0 saturated heterocycles. The summed E-state index contributed by atoms with van der Waals surface area (Å²) < 4.78 is 26.2. The Hall–Kier alpha value is -2.19. The lowest BCUT2D eigenvalue weighted by Gasteiger charge is -2.12. The fourth-order valence-corrected chi connectivity index (χ4v) is 2.39. The summed E-state index contributed by atoms with van der Waals surface area (Å²) in [6, 6.07) is 5.58. The average Bonchev–Trinajstić information content (AvgIpc) is 2.93. The first-order valence-corrected chi connectivity index (χ1v) is 7.17. The van der Waals surface area contributed by atoms with E-state index in [9.17, 15) is 13.2 Å². The molecule has 7 nitrogen and oxygen atoms in total. The molecule has 1 N–H and O–H groups in total. The molecular weight excluding hydrogens is 280 g/mol. The van der Waals surface area contributed by atoms with Crippen LogP contribution in [0.15, 0.2) is 47.9 Å². The second-order valence-electron chi connectivity index (χ2n) is 4.21. The van der Waals surface area contributed by atoms with Crippen LogP contribution in [0.25, 0.3) is 0 Å². The number of nitrogens with one attached hydrogen (secondary N) is 1. The lowest BCUT2D eigenvalue weighted by atomic mass is 10.3. The van der Waals surface area contributed by atoms with Crippen molar-refractivity contribution in [2.45, 2.75) is 4.90 Å². The highest BCUT2D eigenvalue weighted by Gasteiger charge is 2.16. The second kappa shape index (κ2) is 5.43. The van der Waals surface area contributed by atoms with Crippen LogP contribution >= 0.6 is 0 Å². The number of aromatic nitrogens is 2. The zero-order valence-electron chi connectivity index (χ0n) is 11.0. The quantitative estimate of drug-likeness (QED) is 0.922. The molecule has 0 atom stereocenters. The lowest BCUT2D eigenvalue weighted by molar-refractivity contribution is 0.253. The number of hydrogen-bond acceptors (Lipinski definition) is 4. The first-order valence-electron chi connectivity index (χ1n) is 5.73. The Morgan fingerprint density at radius 2 is 1.90 bits per heavy atom. The van der Waals surface area contributed by atoms with Gasteiger partial charge in [0.25, 0.3) is 0 Å². The van der Waals surface area contributed by atoms with Gasteiger partial charge in [0, 0.05) is 32.2 Å². The van der Waals surface area contributed by atoms with Gasteiger partial charge in [0.1, 0.15) is 6.33 Å². The highest BCUT2D eigenvalue weighted by atomic mass is 32.2. The van der Waals surface area contributed by atoms with Crippen molar-refractivity contribution >= 4 is 21.7 Å². The van der Waals surface area contributed by atoms with Gasteiger partial charge < -0.3 is 5.32 Å². The minimum atomic E-state index is -3.46. The van der Waals surface area contributed by atoms with E-state index in [1.807, 2.05) is 0 Å². The Morgan fingerprint density at radius 1 is 1.25 bits per heavy atom. The molecule has 0 aliphatic rings. The predicted molar refractivity (Wildman–Crippen MR) is 74.0 cm³/mol. The van der Waals surface area contributed by atoms with E-state index in [1.54, 1.807) is 0 Å². The third-order valence-electron chi connectivity index (χ3n) is 2.62. The summed E-state index contributed by atoms with van der Waals surface area (Å²) in [7, 11) is -0.535. The number of carbonyl (C=O) groups is 1. The Labute approximate surface area is 116 Å². The van der Waals surface area contributed by atoms with Crippen LogP contribution < -0.4 is 5.32 Å². The normalized spacial score (nSPS) is 11.6. The van der Waals surface area contributed by atoms with Gasteiger partial charge in [0.05, 0.1) is 4.90 Å². The number of carbonyl (C=O) groups excluding carboxylic acids is 1. The Bertz CT molecular complexity index is 691. The van der Waals surface area contributed by atoms with Crippen LogP contribution in [0.5, 0.6) is 0 Å². The number of sulfonamides is 1. The molecule has 2 rings (SSSR count). The lowest BCUT2D eigenvalue weighted by Crippen LogP contribution is -2.22. The van der Waals surface area contributed by atoms with E-state index < -0.39 is 10.0 Å². The summed E-state index contributed by atoms with van der Waals surface area (Å²) in [4.78, 5) is 15.7. The molecule has 1 heterocycles. The van der Waals surface area contributed by atoms with Crippen LogP contribution in [0.2, 0.25) is 0 Å². The number of anilines is 1. The predicted octanol–water partition coefficient (Wildman–Crippen LogP) is 1.21. The van der Waals surface area contributed by atoms with Crippen molar-refractivity contribution in [3.63, 3.8) is 0 Å². The van der Waals surface area contributed by atoms with Crippen molar-refractivity contribution in [3.05, 3.63) is 43.0 Å². The summed E-state index contributed by atoms with van der Waals surface area (Å²) in [5.74, 6) is 0. The van der Waals surface area contributed by atoms with Gasteiger partial charge in [-0.2, -0.15) is 0 Å². The van der Waals surface area contributed by atoms with Gasteiger partial charge in [-0.15, -0.1) is 0 Å². The van der Waals surface area contributed by atoms with Crippen LogP contribution in [0.1, 0.15) is 0 Å². The molecule has 0 aliphatic carbocycles. The molecule has 2 aromatic rings. The zero-order valence-corrected chi connectivity index (χ0v) is 11.8. The molecule has 0 spiro atoms. The monoisotopic (exact) mass is 294 g/mol. The van der Waals surface area contributed by atoms with Crippen molar-refractivity contribution in [1.82, 2.24) is 13.9 Å². The Morgan fingerprint density at radius 3 is 2.40 bits per heavy atom. The molecule has 8 heteroatoms. The third kappa shape index (κ3) is 2.86. The minimum absolute atomic E-state index is 0.170. The van der Waals surface area contributed by atoms with E-state index in [0.29, 0.717) is 5.69 Å². The molecular formula is C12H14N4O3S. The van der Waals surface area contributed by atoms with E-state index >= 15 is 0 Å². The van der Waals surface area contributed by atoms with E-state index in [2.05, 4.69) is 10.3 Å². The van der Waals surface area contributed by atoms with E-state index in [1.165, 1.54) is 61.6 Å². The van der Waals surface area contributed by atoms with Gasteiger partial charge in [0.2, 0.25) is 10.0 Å². The molecule has 1 aromatic heterocycles. The maximum atomic E-state index is 11.9. The number of rotatable bonds is 3. The smallest absolute Gasteiger partial charge is 0.307 e. The Balaban J connectivity index is 2.15. The molecule has 0 fully saturated rings. The molecule has 0 bridgehead atoms. The fourth-order valence-electron chi connectivity index (χ4n) is 1.49. The summed E-state index contributed by atoms with van der Waals surface area (Å²) >= 11 is 0. The van der Waals surface area contributed by atoms with Crippen LogP contribution in [0.3, 0.4) is 0 Å². The third-order valence-corrected chi connectivity index (χ3v) is 4.45. The summed E-state index contributed by atoms with van der Waals surface area (Å²) in [6.45, 7) is 0. The fraction of sp³-hybridized carbons (Fsp3) is 0.167. The SMILES string of the molecule is CN(C)S(=O)(=O)c1ccc(NC(=O)n2ccnc2)cc1. The van der Waals surface area contributed by atoms with Gasteiger partial charge in [-0.05, 0) is 24.3 Å². The van der Waals surface area contributed by atoms with Gasteiger partial charge in [-0.1, -0.05) is 0 Å².